The number of aromatic amines is 1. The number of hydrogen-bond donors (Lipinski definition) is 2. The van der Waals surface area contributed by atoms with Crippen LogP contribution in [0.5, 0.6) is 5.75 Å². The smallest absolute Gasteiger partial charge is 0.287 e. The van der Waals surface area contributed by atoms with Crippen LogP contribution in [0.1, 0.15) is 45.1 Å². The molecule has 0 aliphatic carbocycles. The highest BCUT2D eigenvalue weighted by molar-refractivity contribution is 5.92. The van der Waals surface area contributed by atoms with Crippen LogP contribution in [0.4, 0.5) is 0 Å². The molecule has 0 spiro atoms. The number of nitrogens with one attached hydrogen (secondary N) is 2. The Bertz CT molecular complexity index is 1220. The van der Waals surface area contributed by atoms with Gasteiger partial charge in [-0.1, -0.05) is 42.5 Å². The minimum Gasteiger partial charge on any atom is -0.484 e. The van der Waals surface area contributed by atoms with E-state index in [4.69, 9.17) is 14.4 Å². The summed E-state index contributed by atoms with van der Waals surface area (Å²) in [6.07, 6.45) is 0. The van der Waals surface area contributed by atoms with Crippen molar-refractivity contribution in [2.24, 2.45) is 0 Å². The predicted octanol–water partition coefficient (Wildman–Crippen LogP) is 3.68. The van der Waals surface area contributed by atoms with E-state index in [0.717, 1.165) is 5.56 Å². The third kappa shape index (κ3) is 4.62. The lowest BCUT2D eigenvalue weighted by Crippen LogP contribution is -2.29. The van der Waals surface area contributed by atoms with Crippen molar-refractivity contribution in [3.63, 3.8) is 0 Å². The highest BCUT2D eigenvalue weighted by Gasteiger charge is 2.23. The van der Waals surface area contributed by atoms with Gasteiger partial charge in [0.2, 0.25) is 0 Å². The van der Waals surface area contributed by atoms with Crippen molar-refractivity contribution in [3.05, 3.63) is 101 Å². The van der Waals surface area contributed by atoms with E-state index >= 15 is 0 Å². The second kappa shape index (κ2) is 8.97. The Morgan fingerprint density at radius 3 is 2.68 bits per heavy atom. The van der Waals surface area contributed by atoms with Crippen molar-refractivity contribution >= 4 is 5.91 Å². The molecule has 0 saturated heterocycles. The normalized spacial score (nSPS) is 11.5. The first-order chi connectivity index (χ1) is 15.1. The molecule has 0 aliphatic rings. The average molecular weight is 413 g/mol. The quantitative estimate of drug-likeness (QED) is 0.477. The van der Waals surface area contributed by atoms with E-state index in [1.54, 1.807) is 43.3 Å². The standard InChI is InChI=1S/C23H19N5O3/c1-15-25-22(28-27-15)21(16-7-3-2-4-8-16)26-23(29)20-12-11-18(31-20)14-30-19-10-6-5-9-17(19)13-24/h2-12,21H,14H2,1H3,(H,26,29)(H,25,27,28). The number of furan rings is 1. The molecule has 2 aromatic carbocycles. The Morgan fingerprint density at radius 2 is 1.94 bits per heavy atom. The molecule has 8 heteroatoms. The van der Waals surface area contributed by atoms with E-state index in [1.165, 1.54) is 0 Å². The molecule has 4 aromatic rings. The fourth-order valence-electron chi connectivity index (χ4n) is 3.05. The monoisotopic (exact) mass is 413 g/mol. The van der Waals surface area contributed by atoms with Gasteiger partial charge in [-0.2, -0.15) is 10.4 Å². The summed E-state index contributed by atoms with van der Waals surface area (Å²) in [6, 6.07) is 21.2. The van der Waals surface area contributed by atoms with Crippen LogP contribution < -0.4 is 10.1 Å². The highest BCUT2D eigenvalue weighted by atomic mass is 16.5. The number of ether oxygens (including phenoxy) is 1. The molecule has 0 radical (unpaired) electrons. The fourth-order valence-corrected chi connectivity index (χ4v) is 3.05. The van der Waals surface area contributed by atoms with E-state index < -0.39 is 11.9 Å². The Kier molecular flexibility index (Phi) is 5.76. The first-order valence-corrected chi connectivity index (χ1v) is 9.59. The summed E-state index contributed by atoms with van der Waals surface area (Å²) in [5.41, 5.74) is 1.28. The van der Waals surface area contributed by atoms with Gasteiger partial charge >= 0.3 is 0 Å². The molecule has 0 fully saturated rings. The van der Waals surface area contributed by atoms with Gasteiger partial charge in [0.05, 0.1) is 5.56 Å². The van der Waals surface area contributed by atoms with Crippen LogP contribution in [-0.4, -0.2) is 21.1 Å². The lowest BCUT2D eigenvalue weighted by molar-refractivity contribution is 0.0909. The van der Waals surface area contributed by atoms with E-state index in [9.17, 15) is 4.79 Å². The molecule has 1 atom stereocenters. The van der Waals surface area contributed by atoms with Gasteiger partial charge in [0.15, 0.2) is 11.6 Å². The van der Waals surface area contributed by atoms with E-state index in [1.807, 2.05) is 30.3 Å². The van der Waals surface area contributed by atoms with E-state index in [2.05, 4.69) is 26.6 Å². The van der Waals surface area contributed by atoms with E-state index in [0.29, 0.717) is 28.7 Å². The summed E-state index contributed by atoms with van der Waals surface area (Å²) in [7, 11) is 0. The number of nitriles is 1. The van der Waals surface area contributed by atoms with Crippen molar-refractivity contribution in [2.75, 3.05) is 0 Å². The molecule has 2 aromatic heterocycles. The zero-order valence-electron chi connectivity index (χ0n) is 16.7. The number of H-pyrrole nitrogens is 1. The molecule has 4 rings (SSSR count). The molecule has 2 N–H and O–H groups in total. The average Bonchev–Trinajstić information content (AvgIpc) is 3.46. The summed E-state index contributed by atoms with van der Waals surface area (Å²) < 4.78 is 11.3. The number of para-hydroxylation sites is 1. The zero-order valence-corrected chi connectivity index (χ0v) is 16.7. The number of hydrogen-bond acceptors (Lipinski definition) is 6. The van der Waals surface area contributed by atoms with Crippen LogP contribution in [0.15, 0.2) is 71.1 Å². The van der Waals surface area contributed by atoms with Gasteiger partial charge in [0.1, 0.15) is 36.1 Å². The number of rotatable bonds is 7. The second-order valence-electron chi connectivity index (χ2n) is 6.76. The number of aromatic nitrogens is 3. The van der Waals surface area contributed by atoms with Crippen LogP contribution in [-0.2, 0) is 6.61 Å². The molecule has 0 saturated carbocycles. The maximum atomic E-state index is 12.8. The van der Waals surface area contributed by atoms with Gasteiger partial charge in [0, 0.05) is 0 Å². The SMILES string of the molecule is Cc1nc(C(NC(=O)c2ccc(COc3ccccc3C#N)o2)c2ccccc2)n[nH]1. The Balaban J connectivity index is 1.48. The second-order valence-corrected chi connectivity index (χ2v) is 6.76. The number of amides is 1. The van der Waals surface area contributed by atoms with Gasteiger partial charge in [-0.15, -0.1) is 0 Å². The summed E-state index contributed by atoms with van der Waals surface area (Å²) in [5.74, 6) is 1.76. The van der Waals surface area contributed by atoms with Gasteiger partial charge < -0.3 is 14.5 Å². The number of benzene rings is 2. The van der Waals surface area contributed by atoms with Gasteiger partial charge in [-0.3, -0.25) is 9.89 Å². The molecule has 1 amide bonds. The molecule has 1 unspecified atom stereocenters. The lowest BCUT2D eigenvalue weighted by Gasteiger charge is -2.15. The van der Waals surface area contributed by atoms with E-state index in [-0.39, 0.29) is 12.4 Å². The van der Waals surface area contributed by atoms with Crippen LogP contribution in [0.25, 0.3) is 0 Å². The Labute approximate surface area is 178 Å². The molecule has 31 heavy (non-hydrogen) atoms. The maximum absolute atomic E-state index is 12.8. The Hall–Kier alpha value is -4.38. The number of carbonyl (C=O) groups excluding carboxylic acids is 1. The van der Waals surface area contributed by atoms with Crippen LogP contribution in [0, 0.1) is 18.3 Å². The minimum atomic E-state index is -0.536. The third-order valence-electron chi connectivity index (χ3n) is 4.54. The highest BCUT2D eigenvalue weighted by Crippen LogP contribution is 2.21. The largest absolute Gasteiger partial charge is 0.484 e. The third-order valence-corrected chi connectivity index (χ3v) is 4.54. The van der Waals surface area contributed by atoms with Gasteiger partial charge in [0.25, 0.3) is 5.91 Å². The number of aryl methyl sites for hydroxylation is 1. The van der Waals surface area contributed by atoms with Crippen LogP contribution in [0.3, 0.4) is 0 Å². The molecular formula is C23H19N5O3. The maximum Gasteiger partial charge on any atom is 0.287 e. The molecule has 154 valence electrons. The molecular weight excluding hydrogens is 394 g/mol. The molecule has 0 aliphatic heterocycles. The van der Waals surface area contributed by atoms with Crippen molar-refractivity contribution in [1.29, 1.82) is 5.26 Å². The van der Waals surface area contributed by atoms with Crippen molar-refractivity contribution < 1.29 is 13.9 Å². The molecule has 2 heterocycles. The molecule has 8 nitrogen and oxygen atoms in total. The predicted molar refractivity (Wildman–Crippen MR) is 111 cm³/mol. The topological polar surface area (TPSA) is 117 Å². The van der Waals surface area contributed by atoms with Crippen molar-refractivity contribution in [1.82, 2.24) is 20.5 Å². The zero-order chi connectivity index (χ0) is 21.6. The lowest BCUT2D eigenvalue weighted by atomic mass is 10.1. The van der Waals surface area contributed by atoms with Crippen LogP contribution >= 0.6 is 0 Å². The first-order valence-electron chi connectivity index (χ1n) is 9.59. The number of nitrogens with zero attached hydrogens (tertiary/aromatic N) is 3. The van der Waals surface area contributed by atoms with Gasteiger partial charge in [-0.25, -0.2) is 4.98 Å². The Morgan fingerprint density at radius 1 is 1.16 bits per heavy atom. The summed E-state index contributed by atoms with van der Waals surface area (Å²) in [4.78, 5) is 17.2. The molecule has 0 bridgehead atoms. The summed E-state index contributed by atoms with van der Waals surface area (Å²) in [6.45, 7) is 1.89. The van der Waals surface area contributed by atoms with Crippen molar-refractivity contribution in [2.45, 2.75) is 19.6 Å². The number of carbonyl (C=O) groups is 1. The fraction of sp³-hybridized carbons (Fsp3) is 0.130. The minimum absolute atomic E-state index is 0.0915. The summed E-state index contributed by atoms with van der Waals surface area (Å²) in [5, 5.41) is 19.1. The van der Waals surface area contributed by atoms with Crippen LogP contribution in [0.2, 0.25) is 0 Å². The summed E-state index contributed by atoms with van der Waals surface area (Å²) >= 11 is 0. The van der Waals surface area contributed by atoms with Gasteiger partial charge in [-0.05, 0) is 36.8 Å². The van der Waals surface area contributed by atoms with Crippen molar-refractivity contribution in [3.8, 4) is 11.8 Å². The first kappa shape index (κ1) is 19.9.